The van der Waals surface area contributed by atoms with Crippen LogP contribution < -0.4 is 19.7 Å². The van der Waals surface area contributed by atoms with Gasteiger partial charge in [0, 0.05) is 4.47 Å². The van der Waals surface area contributed by atoms with Crippen LogP contribution in [0.2, 0.25) is 0 Å². The molecule has 150 valence electrons. The van der Waals surface area contributed by atoms with E-state index in [1.165, 1.54) is 13.2 Å². The van der Waals surface area contributed by atoms with Gasteiger partial charge in [0.05, 0.1) is 18.9 Å². The molecule has 2 aromatic rings. The number of nitrogens with one attached hydrogen (secondary N) is 1. The predicted molar refractivity (Wildman–Crippen MR) is 112 cm³/mol. The van der Waals surface area contributed by atoms with Gasteiger partial charge in [-0.25, -0.2) is 9.69 Å². The first-order chi connectivity index (χ1) is 13.8. The lowest BCUT2D eigenvalue weighted by Crippen LogP contribution is -2.54. The van der Waals surface area contributed by atoms with E-state index in [2.05, 4.69) is 21.2 Å². The van der Waals surface area contributed by atoms with E-state index in [1.54, 1.807) is 42.5 Å². The van der Waals surface area contributed by atoms with Gasteiger partial charge in [-0.15, -0.1) is 0 Å². The summed E-state index contributed by atoms with van der Waals surface area (Å²) in [5, 5.41) is 2.20. The van der Waals surface area contributed by atoms with Gasteiger partial charge in [0.25, 0.3) is 11.8 Å². The number of nitrogens with zero attached hydrogens (tertiary/aromatic N) is 1. The number of barbiturate groups is 1. The van der Waals surface area contributed by atoms with E-state index >= 15 is 0 Å². The lowest BCUT2D eigenvalue weighted by atomic mass is 10.1. The third-order valence-corrected chi connectivity index (χ3v) is 4.58. The summed E-state index contributed by atoms with van der Waals surface area (Å²) in [6.45, 7) is 3.79. The number of carbonyl (C=O) groups excluding carboxylic acids is 3. The summed E-state index contributed by atoms with van der Waals surface area (Å²) in [5.41, 5.74) is 0.751. The van der Waals surface area contributed by atoms with Gasteiger partial charge in [0.2, 0.25) is 0 Å². The zero-order valence-electron chi connectivity index (χ0n) is 16.1. The molecular formula is C21H19BrN2O5. The fourth-order valence-corrected chi connectivity index (χ4v) is 3.04. The first-order valence-electron chi connectivity index (χ1n) is 8.82. The van der Waals surface area contributed by atoms with Crippen LogP contribution in [0.4, 0.5) is 10.5 Å². The Labute approximate surface area is 176 Å². The summed E-state index contributed by atoms with van der Waals surface area (Å²) in [4.78, 5) is 38.4. The summed E-state index contributed by atoms with van der Waals surface area (Å²) in [5.74, 6) is -0.439. The SMILES string of the molecule is COc1cc(C=C2C(=O)NC(=O)N(c3ccc(Br)cc3)C2=O)ccc1OC(C)C. The number of hydrogen-bond donors (Lipinski definition) is 1. The van der Waals surface area contributed by atoms with Gasteiger partial charge in [-0.05, 0) is 61.9 Å². The van der Waals surface area contributed by atoms with Crippen molar-refractivity contribution in [2.45, 2.75) is 20.0 Å². The number of rotatable bonds is 5. The molecule has 0 atom stereocenters. The largest absolute Gasteiger partial charge is 0.493 e. The second kappa shape index (κ2) is 8.48. The Bertz CT molecular complexity index is 999. The van der Waals surface area contributed by atoms with E-state index in [0.29, 0.717) is 22.7 Å². The number of urea groups is 1. The number of hydrogen-bond acceptors (Lipinski definition) is 5. The van der Waals surface area contributed by atoms with Gasteiger partial charge in [-0.3, -0.25) is 14.9 Å². The topological polar surface area (TPSA) is 84.9 Å². The highest BCUT2D eigenvalue weighted by Gasteiger charge is 2.36. The summed E-state index contributed by atoms with van der Waals surface area (Å²) >= 11 is 3.31. The first kappa shape index (κ1) is 20.6. The first-order valence-corrected chi connectivity index (χ1v) is 9.61. The van der Waals surface area contributed by atoms with Crippen molar-refractivity contribution in [3.05, 3.63) is 58.1 Å². The van der Waals surface area contributed by atoms with Gasteiger partial charge < -0.3 is 9.47 Å². The van der Waals surface area contributed by atoms with E-state index in [1.807, 2.05) is 13.8 Å². The van der Waals surface area contributed by atoms with Crippen LogP contribution in [-0.2, 0) is 9.59 Å². The van der Waals surface area contributed by atoms with E-state index < -0.39 is 17.8 Å². The lowest BCUT2D eigenvalue weighted by Gasteiger charge is -2.26. The lowest BCUT2D eigenvalue weighted by molar-refractivity contribution is -0.122. The zero-order chi connectivity index (χ0) is 21.1. The van der Waals surface area contributed by atoms with Gasteiger partial charge >= 0.3 is 6.03 Å². The predicted octanol–water partition coefficient (Wildman–Crippen LogP) is 3.91. The Hall–Kier alpha value is -3.13. The van der Waals surface area contributed by atoms with Crippen LogP contribution in [0, 0.1) is 0 Å². The maximum Gasteiger partial charge on any atom is 0.335 e. The Balaban J connectivity index is 1.97. The number of imide groups is 2. The van der Waals surface area contributed by atoms with Crippen LogP contribution in [0.1, 0.15) is 19.4 Å². The van der Waals surface area contributed by atoms with Crippen LogP contribution >= 0.6 is 15.9 Å². The molecule has 0 saturated carbocycles. The molecule has 1 fully saturated rings. The van der Waals surface area contributed by atoms with Crippen molar-refractivity contribution in [3.63, 3.8) is 0 Å². The van der Waals surface area contributed by atoms with E-state index in [-0.39, 0.29) is 11.7 Å². The monoisotopic (exact) mass is 458 g/mol. The molecule has 1 saturated heterocycles. The van der Waals surface area contributed by atoms with Crippen LogP contribution in [0.25, 0.3) is 6.08 Å². The molecule has 3 rings (SSSR count). The molecule has 1 aliphatic rings. The molecule has 8 heteroatoms. The molecule has 1 N–H and O–H groups in total. The number of ether oxygens (including phenoxy) is 2. The van der Waals surface area contributed by atoms with Crippen molar-refractivity contribution in [2.75, 3.05) is 12.0 Å². The zero-order valence-corrected chi connectivity index (χ0v) is 17.6. The number of carbonyl (C=O) groups is 3. The molecule has 4 amide bonds. The second-order valence-electron chi connectivity index (χ2n) is 6.51. The summed E-state index contributed by atoms with van der Waals surface area (Å²) in [6.07, 6.45) is 1.38. The quantitative estimate of drug-likeness (QED) is 0.542. The molecule has 29 heavy (non-hydrogen) atoms. The van der Waals surface area contributed by atoms with E-state index in [0.717, 1.165) is 9.37 Å². The van der Waals surface area contributed by atoms with E-state index in [4.69, 9.17) is 9.47 Å². The molecule has 7 nitrogen and oxygen atoms in total. The summed E-state index contributed by atoms with van der Waals surface area (Å²) in [6, 6.07) is 10.9. The normalized spacial score (nSPS) is 15.7. The minimum Gasteiger partial charge on any atom is -0.493 e. The highest BCUT2D eigenvalue weighted by atomic mass is 79.9. The standard InChI is InChI=1S/C21H19BrN2O5/c1-12(2)29-17-9-4-13(11-18(17)28-3)10-16-19(25)23-21(27)24(20(16)26)15-7-5-14(22)6-8-15/h4-12H,1-3H3,(H,23,25,27). The van der Waals surface area contributed by atoms with Gasteiger partial charge in [0.1, 0.15) is 5.57 Å². The Morgan fingerprint density at radius 2 is 1.72 bits per heavy atom. The van der Waals surface area contributed by atoms with Crippen molar-refractivity contribution < 1.29 is 23.9 Å². The van der Waals surface area contributed by atoms with Crippen LogP contribution in [0.15, 0.2) is 52.5 Å². The molecule has 2 aromatic carbocycles. The van der Waals surface area contributed by atoms with Crippen LogP contribution in [-0.4, -0.2) is 31.1 Å². The van der Waals surface area contributed by atoms with E-state index in [9.17, 15) is 14.4 Å². The number of anilines is 1. The van der Waals surface area contributed by atoms with Crippen molar-refractivity contribution in [1.82, 2.24) is 5.32 Å². The summed E-state index contributed by atoms with van der Waals surface area (Å²) < 4.78 is 11.8. The smallest absolute Gasteiger partial charge is 0.335 e. The van der Waals surface area contributed by atoms with Crippen molar-refractivity contribution in [1.29, 1.82) is 0 Å². The van der Waals surface area contributed by atoms with Crippen molar-refractivity contribution >= 4 is 45.5 Å². The Morgan fingerprint density at radius 3 is 2.34 bits per heavy atom. The van der Waals surface area contributed by atoms with Crippen molar-refractivity contribution in [3.8, 4) is 11.5 Å². The fourth-order valence-electron chi connectivity index (χ4n) is 2.77. The van der Waals surface area contributed by atoms with Gasteiger partial charge in [0.15, 0.2) is 11.5 Å². The Kier molecular flexibility index (Phi) is 6.03. The molecule has 0 radical (unpaired) electrons. The number of benzene rings is 2. The maximum absolute atomic E-state index is 12.9. The molecule has 0 aliphatic carbocycles. The second-order valence-corrected chi connectivity index (χ2v) is 7.43. The average molecular weight is 459 g/mol. The third kappa shape index (κ3) is 4.48. The number of methoxy groups -OCH3 is 1. The van der Waals surface area contributed by atoms with Crippen LogP contribution in [0.5, 0.6) is 11.5 Å². The van der Waals surface area contributed by atoms with Crippen LogP contribution in [0.3, 0.4) is 0 Å². The average Bonchev–Trinajstić information content (AvgIpc) is 2.67. The fraction of sp³-hybridized carbons (Fsp3) is 0.190. The molecule has 1 aliphatic heterocycles. The van der Waals surface area contributed by atoms with Gasteiger partial charge in [-0.1, -0.05) is 22.0 Å². The summed E-state index contributed by atoms with van der Waals surface area (Å²) in [7, 11) is 1.51. The van der Waals surface area contributed by atoms with Gasteiger partial charge in [-0.2, -0.15) is 0 Å². The molecule has 0 bridgehead atoms. The Morgan fingerprint density at radius 1 is 1.03 bits per heavy atom. The molecule has 0 unspecified atom stereocenters. The molecular weight excluding hydrogens is 440 g/mol. The third-order valence-electron chi connectivity index (χ3n) is 4.05. The molecule has 0 spiro atoms. The minimum absolute atomic E-state index is 0.0377. The number of amides is 4. The molecule has 1 heterocycles. The molecule has 0 aromatic heterocycles. The highest BCUT2D eigenvalue weighted by molar-refractivity contribution is 9.10. The highest BCUT2D eigenvalue weighted by Crippen LogP contribution is 2.30. The van der Waals surface area contributed by atoms with Crippen molar-refractivity contribution in [2.24, 2.45) is 0 Å². The number of halogens is 1. The minimum atomic E-state index is -0.794. The maximum atomic E-state index is 12.9.